The molecule has 0 radical (unpaired) electrons. The first-order chi connectivity index (χ1) is 9.74. The Labute approximate surface area is 116 Å². The monoisotopic (exact) mass is 265 g/mol. The maximum absolute atomic E-state index is 10.2. The van der Waals surface area contributed by atoms with Gasteiger partial charge in [-0.3, -0.25) is 0 Å². The number of rotatable bonds is 2. The zero-order chi connectivity index (χ0) is 13.7. The average Bonchev–Trinajstić information content (AvgIpc) is 3.21. The van der Waals surface area contributed by atoms with Crippen LogP contribution in [0.25, 0.3) is 22.6 Å². The van der Waals surface area contributed by atoms with Crippen LogP contribution >= 0.6 is 0 Å². The van der Waals surface area contributed by atoms with E-state index >= 15 is 0 Å². The largest absolute Gasteiger partial charge is 0.507 e. The Balaban J connectivity index is 2.03. The highest BCUT2D eigenvalue weighted by Gasteiger charge is 2.30. The number of aromatic nitrogens is 3. The van der Waals surface area contributed by atoms with E-state index in [1.807, 2.05) is 31.2 Å². The number of hydrogen-bond acceptors (Lipinski definition) is 3. The molecular formula is C16H15N3O. The van der Waals surface area contributed by atoms with E-state index in [0.717, 1.165) is 41.0 Å². The van der Waals surface area contributed by atoms with E-state index < -0.39 is 0 Å². The molecule has 4 rings (SSSR count). The molecule has 0 spiro atoms. The minimum atomic E-state index is 0.271. The molecule has 20 heavy (non-hydrogen) atoms. The first-order valence-corrected chi connectivity index (χ1v) is 6.87. The van der Waals surface area contributed by atoms with Crippen LogP contribution < -0.4 is 0 Å². The van der Waals surface area contributed by atoms with E-state index in [2.05, 4.69) is 14.5 Å². The van der Waals surface area contributed by atoms with Crippen LogP contribution in [0.15, 0.2) is 36.5 Å². The molecule has 2 aromatic heterocycles. The van der Waals surface area contributed by atoms with Crippen molar-refractivity contribution < 1.29 is 5.11 Å². The number of benzene rings is 1. The van der Waals surface area contributed by atoms with Crippen molar-refractivity contribution in [2.75, 3.05) is 0 Å². The molecule has 0 amide bonds. The highest BCUT2D eigenvalue weighted by molar-refractivity contribution is 5.79. The van der Waals surface area contributed by atoms with Gasteiger partial charge in [0.15, 0.2) is 5.65 Å². The third-order valence-electron chi connectivity index (χ3n) is 3.75. The smallest absolute Gasteiger partial charge is 0.160 e. The lowest BCUT2D eigenvalue weighted by Crippen LogP contribution is -1.99. The fraction of sp³-hybridized carbons (Fsp3) is 0.250. The number of aromatic hydroxyl groups is 1. The number of hydrogen-bond donors (Lipinski definition) is 1. The first kappa shape index (κ1) is 11.5. The molecule has 1 fully saturated rings. The molecule has 0 saturated heterocycles. The molecule has 3 aromatic rings. The summed E-state index contributed by atoms with van der Waals surface area (Å²) >= 11 is 0. The second kappa shape index (κ2) is 4.07. The number of fused-ring (bicyclic) bond motifs is 1. The number of aryl methyl sites for hydroxylation is 1. The van der Waals surface area contributed by atoms with Crippen LogP contribution in [0.5, 0.6) is 5.75 Å². The summed E-state index contributed by atoms with van der Waals surface area (Å²) in [6.45, 7) is 2.02. The summed E-state index contributed by atoms with van der Waals surface area (Å²) in [5.74, 6) is 1.09. The van der Waals surface area contributed by atoms with Crippen molar-refractivity contribution in [2.24, 2.45) is 0 Å². The highest BCUT2D eigenvalue weighted by Crippen LogP contribution is 2.42. The molecule has 1 aromatic carbocycles. The summed E-state index contributed by atoms with van der Waals surface area (Å²) in [4.78, 5) is 9.15. The number of imidazole rings is 1. The van der Waals surface area contributed by atoms with Gasteiger partial charge in [-0.05, 0) is 44.0 Å². The third kappa shape index (κ3) is 1.68. The maximum Gasteiger partial charge on any atom is 0.160 e. The van der Waals surface area contributed by atoms with Gasteiger partial charge in [-0.1, -0.05) is 11.6 Å². The number of pyridine rings is 1. The molecule has 0 aliphatic heterocycles. The van der Waals surface area contributed by atoms with E-state index in [4.69, 9.17) is 0 Å². The second-order valence-corrected chi connectivity index (χ2v) is 5.40. The van der Waals surface area contributed by atoms with Gasteiger partial charge < -0.3 is 9.67 Å². The summed E-state index contributed by atoms with van der Waals surface area (Å²) in [7, 11) is 0. The van der Waals surface area contributed by atoms with Crippen molar-refractivity contribution >= 4 is 11.2 Å². The molecule has 0 unspecified atom stereocenters. The molecule has 0 bridgehead atoms. The van der Waals surface area contributed by atoms with E-state index in [-0.39, 0.29) is 5.75 Å². The number of nitrogens with zero attached hydrogens (tertiary/aromatic N) is 3. The van der Waals surface area contributed by atoms with Crippen LogP contribution in [0, 0.1) is 6.92 Å². The zero-order valence-corrected chi connectivity index (χ0v) is 11.2. The average molecular weight is 265 g/mol. The molecular weight excluding hydrogens is 250 g/mol. The minimum Gasteiger partial charge on any atom is -0.507 e. The normalized spacial score (nSPS) is 14.8. The Morgan fingerprint density at radius 1 is 1.25 bits per heavy atom. The van der Waals surface area contributed by atoms with Crippen molar-refractivity contribution in [3.63, 3.8) is 0 Å². The van der Waals surface area contributed by atoms with Crippen molar-refractivity contribution in [1.29, 1.82) is 0 Å². The summed E-state index contributed by atoms with van der Waals surface area (Å²) < 4.78 is 2.17. The number of phenolic OH excluding ortho intramolecular Hbond substituents is 1. The van der Waals surface area contributed by atoms with E-state index in [1.54, 1.807) is 12.3 Å². The first-order valence-electron chi connectivity index (χ1n) is 6.87. The highest BCUT2D eigenvalue weighted by atomic mass is 16.3. The Bertz CT molecular complexity index is 803. The van der Waals surface area contributed by atoms with Crippen molar-refractivity contribution in [1.82, 2.24) is 14.5 Å². The third-order valence-corrected chi connectivity index (χ3v) is 3.75. The fourth-order valence-electron chi connectivity index (χ4n) is 2.63. The predicted molar refractivity (Wildman–Crippen MR) is 77.6 cm³/mol. The van der Waals surface area contributed by atoms with Gasteiger partial charge >= 0.3 is 0 Å². The Morgan fingerprint density at radius 2 is 2.10 bits per heavy atom. The van der Waals surface area contributed by atoms with Crippen LogP contribution in [0.2, 0.25) is 0 Å². The molecule has 2 heterocycles. The van der Waals surface area contributed by atoms with Gasteiger partial charge in [0.05, 0.1) is 5.56 Å². The summed E-state index contributed by atoms with van der Waals surface area (Å²) in [5, 5.41) is 10.2. The summed E-state index contributed by atoms with van der Waals surface area (Å²) in [6.07, 6.45) is 4.10. The Kier molecular flexibility index (Phi) is 2.33. The van der Waals surface area contributed by atoms with Gasteiger partial charge in [-0.25, -0.2) is 9.97 Å². The van der Waals surface area contributed by atoms with Crippen LogP contribution in [0.4, 0.5) is 0 Å². The Morgan fingerprint density at radius 3 is 2.90 bits per heavy atom. The van der Waals surface area contributed by atoms with Crippen molar-refractivity contribution in [3.05, 3.63) is 42.1 Å². The summed E-state index contributed by atoms with van der Waals surface area (Å²) in [5.41, 5.74) is 3.69. The van der Waals surface area contributed by atoms with Crippen LogP contribution in [0.1, 0.15) is 24.4 Å². The molecule has 0 atom stereocenters. The van der Waals surface area contributed by atoms with E-state index in [1.165, 1.54) is 0 Å². The van der Waals surface area contributed by atoms with Gasteiger partial charge in [0.2, 0.25) is 0 Å². The topological polar surface area (TPSA) is 50.9 Å². The molecule has 1 saturated carbocycles. The molecule has 4 heteroatoms. The van der Waals surface area contributed by atoms with Gasteiger partial charge in [-0.2, -0.15) is 0 Å². The van der Waals surface area contributed by atoms with E-state index in [0.29, 0.717) is 6.04 Å². The lowest BCUT2D eigenvalue weighted by molar-refractivity contribution is 0.476. The van der Waals surface area contributed by atoms with Gasteiger partial charge in [-0.15, -0.1) is 0 Å². The van der Waals surface area contributed by atoms with Crippen LogP contribution in [-0.2, 0) is 0 Å². The van der Waals surface area contributed by atoms with E-state index in [9.17, 15) is 5.11 Å². The van der Waals surface area contributed by atoms with Gasteiger partial charge in [0, 0.05) is 12.2 Å². The summed E-state index contributed by atoms with van der Waals surface area (Å²) in [6, 6.07) is 9.94. The van der Waals surface area contributed by atoms with Crippen LogP contribution in [0.3, 0.4) is 0 Å². The molecule has 100 valence electrons. The quantitative estimate of drug-likeness (QED) is 0.772. The standard InChI is InChI=1S/C16H15N3O/c1-10-4-7-14(20)12(9-10)15-18-13-3-2-8-17-16(13)19(15)11-5-6-11/h2-4,7-9,11,20H,5-6H2,1H3. The molecule has 1 aliphatic rings. The van der Waals surface area contributed by atoms with Crippen molar-refractivity contribution in [2.45, 2.75) is 25.8 Å². The van der Waals surface area contributed by atoms with Gasteiger partial charge in [0.25, 0.3) is 0 Å². The van der Waals surface area contributed by atoms with Gasteiger partial charge in [0.1, 0.15) is 17.1 Å². The molecule has 4 nitrogen and oxygen atoms in total. The maximum atomic E-state index is 10.2. The number of phenols is 1. The predicted octanol–water partition coefficient (Wildman–Crippen LogP) is 3.45. The van der Waals surface area contributed by atoms with Crippen molar-refractivity contribution in [3.8, 4) is 17.1 Å². The Hall–Kier alpha value is -2.36. The lowest BCUT2D eigenvalue weighted by atomic mass is 10.1. The minimum absolute atomic E-state index is 0.271. The zero-order valence-electron chi connectivity index (χ0n) is 11.2. The fourth-order valence-corrected chi connectivity index (χ4v) is 2.63. The van der Waals surface area contributed by atoms with Crippen LogP contribution in [-0.4, -0.2) is 19.6 Å². The second-order valence-electron chi connectivity index (χ2n) is 5.40. The molecule has 1 N–H and O–H groups in total. The lowest BCUT2D eigenvalue weighted by Gasteiger charge is -2.09. The SMILES string of the molecule is Cc1ccc(O)c(-c2nc3cccnc3n2C2CC2)c1. The molecule has 1 aliphatic carbocycles.